The van der Waals surface area contributed by atoms with E-state index in [-0.39, 0.29) is 17.4 Å². The number of thiazole rings is 1. The zero-order chi connectivity index (χ0) is 18.4. The van der Waals surface area contributed by atoms with Crippen molar-refractivity contribution in [2.45, 2.75) is 58.9 Å². The number of carbonyl (C=O) groups excluding carboxylic acids is 1. The highest BCUT2D eigenvalue weighted by atomic mass is 32.1. The number of ether oxygens (including phenoxy) is 1. The van der Waals surface area contributed by atoms with E-state index < -0.39 is 0 Å². The molecule has 0 bridgehead atoms. The summed E-state index contributed by atoms with van der Waals surface area (Å²) in [5.41, 5.74) is 4.35. The van der Waals surface area contributed by atoms with Crippen LogP contribution < -0.4 is 10.1 Å². The van der Waals surface area contributed by atoms with Crippen molar-refractivity contribution in [3.8, 4) is 5.75 Å². The third-order valence-electron chi connectivity index (χ3n) is 4.10. The van der Waals surface area contributed by atoms with Gasteiger partial charge in [0.05, 0.1) is 18.2 Å². The van der Waals surface area contributed by atoms with Gasteiger partial charge in [-0.3, -0.25) is 9.78 Å². The van der Waals surface area contributed by atoms with Crippen molar-refractivity contribution in [1.29, 1.82) is 0 Å². The van der Waals surface area contributed by atoms with Crippen molar-refractivity contribution in [2.75, 3.05) is 6.61 Å². The van der Waals surface area contributed by atoms with E-state index in [1.807, 2.05) is 13.0 Å². The maximum Gasteiger partial charge on any atom is 0.220 e. The number of aromatic nitrogens is 1. The van der Waals surface area contributed by atoms with Crippen LogP contribution in [0.4, 0.5) is 0 Å². The summed E-state index contributed by atoms with van der Waals surface area (Å²) in [6.45, 7) is 11.2. The second-order valence-electron chi connectivity index (χ2n) is 7.38. The fourth-order valence-corrected chi connectivity index (χ4v) is 3.15. The van der Waals surface area contributed by atoms with Crippen LogP contribution in [0.5, 0.6) is 5.75 Å². The molecule has 1 aromatic carbocycles. The van der Waals surface area contributed by atoms with Gasteiger partial charge in [0.25, 0.3) is 0 Å². The Balaban J connectivity index is 1.75. The largest absolute Gasteiger partial charge is 0.493 e. The summed E-state index contributed by atoms with van der Waals surface area (Å²) in [6.07, 6.45) is 2.95. The first kappa shape index (κ1) is 19.4. The lowest BCUT2D eigenvalue weighted by Crippen LogP contribution is -2.26. The summed E-state index contributed by atoms with van der Waals surface area (Å²) in [5, 5.41) is 2.99. The molecule has 0 fully saturated rings. The van der Waals surface area contributed by atoms with E-state index in [0.29, 0.717) is 19.4 Å². The van der Waals surface area contributed by atoms with Crippen molar-refractivity contribution in [2.24, 2.45) is 0 Å². The van der Waals surface area contributed by atoms with E-state index >= 15 is 0 Å². The molecule has 0 aliphatic rings. The zero-order valence-electron chi connectivity index (χ0n) is 15.8. The van der Waals surface area contributed by atoms with Gasteiger partial charge in [-0.25, -0.2) is 0 Å². The van der Waals surface area contributed by atoms with Gasteiger partial charge in [-0.15, -0.1) is 11.3 Å². The van der Waals surface area contributed by atoms with Gasteiger partial charge < -0.3 is 10.1 Å². The van der Waals surface area contributed by atoms with Crippen LogP contribution in [0.2, 0.25) is 0 Å². The number of nitrogens with one attached hydrogen (secondary N) is 1. The number of hydrogen-bond acceptors (Lipinski definition) is 4. The van der Waals surface area contributed by atoms with E-state index in [9.17, 15) is 4.79 Å². The molecule has 1 amide bonds. The SMILES string of the molecule is Cc1cc(C(C)(C)C)ccc1OCCCC(=O)N[C@@H](C)c1cncs1. The van der Waals surface area contributed by atoms with Crippen molar-refractivity contribution in [1.82, 2.24) is 10.3 Å². The van der Waals surface area contributed by atoms with E-state index in [1.165, 1.54) is 5.56 Å². The lowest BCUT2D eigenvalue weighted by atomic mass is 9.86. The number of hydrogen-bond donors (Lipinski definition) is 1. The summed E-state index contributed by atoms with van der Waals surface area (Å²) in [4.78, 5) is 17.1. The van der Waals surface area contributed by atoms with Gasteiger partial charge in [0.2, 0.25) is 5.91 Å². The molecule has 0 unspecified atom stereocenters. The maximum absolute atomic E-state index is 12.0. The van der Waals surface area contributed by atoms with Crippen LogP contribution >= 0.6 is 11.3 Å². The van der Waals surface area contributed by atoms with E-state index in [1.54, 1.807) is 23.0 Å². The fraction of sp³-hybridized carbons (Fsp3) is 0.500. The number of amides is 1. The molecule has 136 valence electrons. The van der Waals surface area contributed by atoms with Crippen molar-refractivity contribution in [3.05, 3.63) is 45.9 Å². The quantitative estimate of drug-likeness (QED) is 0.723. The number of rotatable bonds is 7. The molecule has 0 aliphatic carbocycles. The fourth-order valence-electron chi connectivity index (χ4n) is 2.52. The second-order valence-corrected chi connectivity index (χ2v) is 8.29. The lowest BCUT2D eigenvalue weighted by Gasteiger charge is -2.20. The van der Waals surface area contributed by atoms with Crippen LogP contribution in [0.1, 0.15) is 62.6 Å². The monoisotopic (exact) mass is 360 g/mol. The summed E-state index contributed by atoms with van der Waals surface area (Å²) in [5.74, 6) is 0.940. The lowest BCUT2D eigenvalue weighted by molar-refractivity contribution is -0.121. The Labute approximate surface area is 154 Å². The van der Waals surface area contributed by atoms with Gasteiger partial charge in [0, 0.05) is 17.5 Å². The minimum atomic E-state index is 0.00750. The van der Waals surface area contributed by atoms with Crippen LogP contribution in [0, 0.1) is 6.92 Å². The Morgan fingerprint density at radius 2 is 2.12 bits per heavy atom. The summed E-state index contributed by atoms with van der Waals surface area (Å²) < 4.78 is 5.84. The first-order valence-electron chi connectivity index (χ1n) is 8.69. The van der Waals surface area contributed by atoms with Gasteiger partial charge in [-0.2, -0.15) is 0 Å². The van der Waals surface area contributed by atoms with Gasteiger partial charge in [-0.05, 0) is 42.9 Å². The molecule has 25 heavy (non-hydrogen) atoms. The smallest absolute Gasteiger partial charge is 0.220 e. The molecule has 4 nitrogen and oxygen atoms in total. The van der Waals surface area contributed by atoms with Crippen LogP contribution in [-0.2, 0) is 10.2 Å². The highest BCUT2D eigenvalue weighted by Gasteiger charge is 2.15. The molecule has 2 aromatic rings. The van der Waals surface area contributed by atoms with Gasteiger partial charge >= 0.3 is 0 Å². The number of aryl methyl sites for hydroxylation is 1. The standard InChI is InChI=1S/C20H28N2O2S/c1-14-11-16(20(3,4)5)8-9-17(14)24-10-6-7-19(23)22-15(2)18-12-21-13-25-18/h8-9,11-13,15H,6-7,10H2,1-5H3,(H,22,23)/t15-/m0/s1. The Hall–Kier alpha value is -1.88. The summed E-state index contributed by atoms with van der Waals surface area (Å²) >= 11 is 1.55. The average molecular weight is 361 g/mol. The average Bonchev–Trinajstić information content (AvgIpc) is 3.06. The van der Waals surface area contributed by atoms with Crippen molar-refractivity contribution >= 4 is 17.2 Å². The Morgan fingerprint density at radius 1 is 1.36 bits per heavy atom. The molecule has 2 rings (SSSR count). The second kappa shape index (κ2) is 8.48. The highest BCUT2D eigenvalue weighted by Crippen LogP contribution is 2.27. The molecule has 0 saturated carbocycles. The summed E-state index contributed by atoms with van der Waals surface area (Å²) in [7, 11) is 0. The molecule has 5 heteroatoms. The first-order chi connectivity index (χ1) is 11.8. The third-order valence-corrected chi connectivity index (χ3v) is 5.06. The minimum Gasteiger partial charge on any atom is -0.493 e. The maximum atomic E-state index is 12.0. The van der Waals surface area contributed by atoms with Crippen LogP contribution in [0.15, 0.2) is 29.9 Å². The molecular formula is C20H28N2O2S. The van der Waals surface area contributed by atoms with Crippen LogP contribution in [0.3, 0.4) is 0 Å². The topological polar surface area (TPSA) is 51.2 Å². The van der Waals surface area contributed by atoms with Crippen molar-refractivity contribution < 1.29 is 9.53 Å². The summed E-state index contributed by atoms with van der Waals surface area (Å²) in [6, 6.07) is 6.33. The minimum absolute atomic E-state index is 0.00750. The third kappa shape index (κ3) is 5.85. The predicted octanol–water partition coefficient (Wildman–Crippen LogP) is 4.79. The van der Waals surface area contributed by atoms with Crippen LogP contribution in [0.25, 0.3) is 0 Å². The van der Waals surface area contributed by atoms with E-state index in [2.05, 4.69) is 50.1 Å². The first-order valence-corrected chi connectivity index (χ1v) is 9.57. The highest BCUT2D eigenvalue weighted by molar-refractivity contribution is 7.09. The van der Waals surface area contributed by atoms with Crippen molar-refractivity contribution in [3.63, 3.8) is 0 Å². The molecule has 1 aromatic heterocycles. The van der Waals surface area contributed by atoms with Gasteiger partial charge in [0.1, 0.15) is 5.75 Å². The number of benzene rings is 1. The molecular weight excluding hydrogens is 332 g/mol. The molecule has 0 saturated heterocycles. The Bertz CT molecular complexity index is 690. The predicted molar refractivity (Wildman–Crippen MR) is 103 cm³/mol. The molecule has 0 spiro atoms. The molecule has 0 aliphatic heterocycles. The molecule has 1 heterocycles. The van der Waals surface area contributed by atoms with Gasteiger partial charge in [0.15, 0.2) is 0 Å². The Kier molecular flexibility index (Phi) is 6.59. The number of carbonyl (C=O) groups is 1. The molecule has 1 atom stereocenters. The van der Waals surface area contributed by atoms with E-state index in [0.717, 1.165) is 16.2 Å². The Morgan fingerprint density at radius 3 is 2.72 bits per heavy atom. The normalized spacial score (nSPS) is 12.7. The zero-order valence-corrected chi connectivity index (χ0v) is 16.6. The van der Waals surface area contributed by atoms with E-state index in [4.69, 9.17) is 4.74 Å². The van der Waals surface area contributed by atoms with Gasteiger partial charge in [-0.1, -0.05) is 32.9 Å². The number of nitrogens with zero attached hydrogens (tertiary/aromatic N) is 1. The molecule has 0 radical (unpaired) electrons. The molecule has 1 N–H and O–H groups in total. The van der Waals surface area contributed by atoms with Crippen LogP contribution in [-0.4, -0.2) is 17.5 Å².